The molecule has 0 aliphatic rings. The molecule has 0 saturated carbocycles. The Labute approximate surface area is 149 Å². The van der Waals surface area contributed by atoms with E-state index in [0.29, 0.717) is 0 Å². The molecule has 3 rings (SSSR count). The lowest BCUT2D eigenvalue weighted by Gasteiger charge is -2.20. The van der Waals surface area contributed by atoms with Crippen LogP contribution in [0.5, 0.6) is 0 Å². The molecule has 0 atom stereocenters. The molecular weight excluding hydrogens is 308 g/mol. The molecule has 0 saturated heterocycles. The smallest absolute Gasteiger partial charge is 0.132 e. The molecule has 0 bridgehead atoms. The highest BCUT2D eigenvalue weighted by molar-refractivity contribution is 5.72. The molecule has 1 aromatic heterocycles. The summed E-state index contributed by atoms with van der Waals surface area (Å²) in [4.78, 5) is 13.2. The zero-order valence-corrected chi connectivity index (χ0v) is 15.1. The van der Waals surface area contributed by atoms with Crippen LogP contribution in [-0.2, 0) is 0 Å². The summed E-state index contributed by atoms with van der Waals surface area (Å²) in [5, 5.41) is 0. The Balaban J connectivity index is 1.86. The van der Waals surface area contributed by atoms with Crippen molar-refractivity contribution in [2.45, 2.75) is 0 Å². The average Bonchev–Trinajstić information content (AvgIpc) is 2.67. The lowest BCUT2D eigenvalue weighted by atomic mass is 10.0. The lowest BCUT2D eigenvalue weighted by Crippen LogP contribution is -2.29. The van der Waals surface area contributed by atoms with E-state index in [2.05, 4.69) is 95.5 Å². The van der Waals surface area contributed by atoms with Crippen LogP contribution < -0.4 is 4.90 Å². The van der Waals surface area contributed by atoms with Crippen LogP contribution in [0.25, 0.3) is 22.4 Å². The maximum atomic E-state index is 4.47. The van der Waals surface area contributed by atoms with Gasteiger partial charge >= 0.3 is 0 Å². The second kappa shape index (κ2) is 7.90. The van der Waals surface area contributed by atoms with Gasteiger partial charge in [0.2, 0.25) is 0 Å². The van der Waals surface area contributed by atoms with Crippen molar-refractivity contribution in [1.82, 2.24) is 14.9 Å². The van der Waals surface area contributed by atoms with Gasteiger partial charge < -0.3 is 9.80 Å². The molecule has 0 N–H and O–H groups in total. The topological polar surface area (TPSA) is 32.3 Å². The average molecular weight is 332 g/mol. The SMILES string of the molecule is CN(C)CCN(C)c1cc(-c2cccc(-c3ccccc3)c2)ncn1. The van der Waals surface area contributed by atoms with Crippen molar-refractivity contribution in [3.63, 3.8) is 0 Å². The van der Waals surface area contributed by atoms with Crippen molar-refractivity contribution in [3.05, 3.63) is 67.0 Å². The summed E-state index contributed by atoms with van der Waals surface area (Å²) in [5.74, 6) is 0.942. The Morgan fingerprint density at radius 2 is 1.44 bits per heavy atom. The largest absolute Gasteiger partial charge is 0.358 e. The van der Waals surface area contributed by atoms with Gasteiger partial charge in [0.05, 0.1) is 5.69 Å². The summed E-state index contributed by atoms with van der Waals surface area (Å²) >= 11 is 0. The first-order chi connectivity index (χ1) is 12.1. The summed E-state index contributed by atoms with van der Waals surface area (Å²) in [7, 11) is 6.22. The van der Waals surface area contributed by atoms with Crippen LogP contribution >= 0.6 is 0 Å². The Morgan fingerprint density at radius 1 is 0.720 bits per heavy atom. The van der Waals surface area contributed by atoms with E-state index in [4.69, 9.17) is 0 Å². The number of nitrogens with zero attached hydrogens (tertiary/aromatic N) is 4. The highest BCUT2D eigenvalue weighted by atomic mass is 15.2. The number of hydrogen-bond donors (Lipinski definition) is 0. The molecule has 0 amide bonds. The molecule has 4 heteroatoms. The third-order valence-electron chi connectivity index (χ3n) is 4.19. The van der Waals surface area contributed by atoms with Crippen LogP contribution in [0.4, 0.5) is 5.82 Å². The van der Waals surface area contributed by atoms with Gasteiger partial charge in [0.1, 0.15) is 12.1 Å². The molecule has 0 aliphatic heterocycles. The molecular formula is C21H24N4. The summed E-state index contributed by atoms with van der Waals surface area (Å²) < 4.78 is 0. The fourth-order valence-electron chi connectivity index (χ4n) is 2.67. The fraction of sp³-hybridized carbons (Fsp3) is 0.238. The third kappa shape index (κ3) is 4.43. The number of benzene rings is 2. The molecule has 4 nitrogen and oxygen atoms in total. The molecule has 128 valence electrons. The first-order valence-electron chi connectivity index (χ1n) is 8.47. The Morgan fingerprint density at radius 3 is 2.20 bits per heavy atom. The predicted molar refractivity (Wildman–Crippen MR) is 105 cm³/mol. The van der Waals surface area contributed by atoms with E-state index < -0.39 is 0 Å². The van der Waals surface area contributed by atoms with Gasteiger partial charge in [-0.2, -0.15) is 0 Å². The van der Waals surface area contributed by atoms with Gasteiger partial charge in [0, 0.05) is 31.8 Å². The number of likely N-dealkylation sites (N-methyl/N-ethyl adjacent to an activating group) is 2. The normalized spacial score (nSPS) is 10.9. The van der Waals surface area contributed by atoms with Gasteiger partial charge in [-0.1, -0.05) is 48.5 Å². The second-order valence-electron chi connectivity index (χ2n) is 6.43. The van der Waals surface area contributed by atoms with Crippen molar-refractivity contribution in [3.8, 4) is 22.4 Å². The lowest BCUT2D eigenvalue weighted by molar-refractivity contribution is 0.416. The Kier molecular flexibility index (Phi) is 5.41. The fourth-order valence-corrected chi connectivity index (χ4v) is 2.67. The van der Waals surface area contributed by atoms with Gasteiger partial charge in [0.15, 0.2) is 0 Å². The van der Waals surface area contributed by atoms with Crippen molar-refractivity contribution >= 4 is 5.82 Å². The summed E-state index contributed by atoms with van der Waals surface area (Å²) in [5.41, 5.74) is 4.45. The number of hydrogen-bond acceptors (Lipinski definition) is 4. The van der Waals surface area contributed by atoms with Crippen molar-refractivity contribution in [2.24, 2.45) is 0 Å². The number of anilines is 1. The van der Waals surface area contributed by atoms with E-state index in [9.17, 15) is 0 Å². The van der Waals surface area contributed by atoms with Crippen LogP contribution in [0.15, 0.2) is 67.0 Å². The van der Waals surface area contributed by atoms with Crippen LogP contribution in [0.3, 0.4) is 0 Å². The monoisotopic (exact) mass is 332 g/mol. The Bertz CT molecular complexity index is 815. The first-order valence-corrected chi connectivity index (χ1v) is 8.47. The maximum absolute atomic E-state index is 4.47. The molecule has 0 spiro atoms. The molecule has 2 aromatic carbocycles. The zero-order chi connectivity index (χ0) is 17.6. The van der Waals surface area contributed by atoms with E-state index in [-0.39, 0.29) is 0 Å². The summed E-state index contributed by atoms with van der Waals surface area (Å²) in [6.07, 6.45) is 1.64. The highest BCUT2D eigenvalue weighted by Gasteiger charge is 2.07. The molecule has 25 heavy (non-hydrogen) atoms. The van der Waals surface area contributed by atoms with Crippen LogP contribution in [0.1, 0.15) is 0 Å². The standard InChI is InChI=1S/C21H24N4/c1-24(2)12-13-25(3)21-15-20(22-16-23-21)19-11-7-10-18(14-19)17-8-5-4-6-9-17/h4-11,14-16H,12-13H2,1-3H3. The van der Waals surface area contributed by atoms with Crippen molar-refractivity contribution < 1.29 is 0 Å². The maximum Gasteiger partial charge on any atom is 0.132 e. The predicted octanol–water partition coefficient (Wildman–Crippen LogP) is 3.81. The van der Waals surface area contributed by atoms with E-state index >= 15 is 0 Å². The van der Waals surface area contributed by atoms with Crippen LogP contribution in [0.2, 0.25) is 0 Å². The van der Waals surface area contributed by atoms with E-state index in [1.165, 1.54) is 11.1 Å². The minimum atomic E-state index is 0.924. The number of aromatic nitrogens is 2. The Hall–Kier alpha value is -2.72. The molecule has 0 aliphatic carbocycles. The molecule has 3 aromatic rings. The minimum absolute atomic E-state index is 0.924. The highest BCUT2D eigenvalue weighted by Crippen LogP contribution is 2.26. The third-order valence-corrected chi connectivity index (χ3v) is 4.19. The second-order valence-corrected chi connectivity index (χ2v) is 6.43. The van der Waals surface area contributed by atoms with Crippen molar-refractivity contribution in [2.75, 3.05) is 39.1 Å². The summed E-state index contributed by atoms with van der Waals surface area (Å²) in [6, 6.07) is 20.9. The minimum Gasteiger partial charge on any atom is -0.358 e. The van der Waals surface area contributed by atoms with Crippen molar-refractivity contribution in [1.29, 1.82) is 0 Å². The quantitative estimate of drug-likeness (QED) is 0.687. The van der Waals surface area contributed by atoms with E-state index in [1.54, 1.807) is 6.33 Å². The van der Waals surface area contributed by atoms with Gasteiger partial charge in [-0.25, -0.2) is 9.97 Å². The van der Waals surface area contributed by atoms with Gasteiger partial charge in [0.25, 0.3) is 0 Å². The molecule has 0 fully saturated rings. The van der Waals surface area contributed by atoms with Gasteiger partial charge in [-0.3, -0.25) is 0 Å². The molecule has 1 heterocycles. The van der Waals surface area contributed by atoms with Gasteiger partial charge in [-0.05, 0) is 31.3 Å². The van der Waals surface area contributed by atoms with Crippen LogP contribution in [0, 0.1) is 0 Å². The van der Waals surface area contributed by atoms with E-state index in [1.807, 2.05) is 6.07 Å². The molecule has 0 radical (unpaired) electrons. The van der Waals surface area contributed by atoms with Crippen LogP contribution in [-0.4, -0.2) is 49.1 Å². The molecule has 0 unspecified atom stereocenters. The summed E-state index contributed by atoms with van der Waals surface area (Å²) in [6.45, 7) is 1.91. The number of rotatable bonds is 6. The zero-order valence-electron chi connectivity index (χ0n) is 15.1. The first kappa shape index (κ1) is 17.1. The van der Waals surface area contributed by atoms with Gasteiger partial charge in [-0.15, -0.1) is 0 Å². The van der Waals surface area contributed by atoms with E-state index in [0.717, 1.165) is 30.2 Å².